The van der Waals surface area contributed by atoms with Crippen LogP contribution in [-0.4, -0.2) is 35.9 Å². The van der Waals surface area contributed by atoms with Gasteiger partial charge < -0.3 is 5.32 Å². The van der Waals surface area contributed by atoms with Crippen LogP contribution in [0.4, 0.5) is 17.3 Å². The summed E-state index contributed by atoms with van der Waals surface area (Å²) in [4.78, 5) is 32.9. The zero-order valence-corrected chi connectivity index (χ0v) is 19.3. The van der Waals surface area contributed by atoms with Gasteiger partial charge in [-0.2, -0.15) is 5.10 Å². The second-order valence-electron chi connectivity index (χ2n) is 7.70. The topological polar surface area (TPSA) is 134 Å². The van der Waals surface area contributed by atoms with Crippen LogP contribution < -0.4 is 15.0 Å². The third-order valence-corrected chi connectivity index (χ3v) is 6.45. The molecule has 3 aromatic rings. The Morgan fingerprint density at radius 3 is 2.41 bits per heavy atom. The summed E-state index contributed by atoms with van der Waals surface area (Å²) in [6, 6.07) is 12.9. The van der Waals surface area contributed by atoms with E-state index in [1.165, 1.54) is 41.7 Å². The lowest BCUT2D eigenvalue weighted by Gasteiger charge is -2.24. The fraction of sp³-hybridized carbons (Fsp3) is 0.174. The number of nitrogens with zero attached hydrogens (tertiary/aromatic N) is 4. The van der Waals surface area contributed by atoms with Gasteiger partial charge in [0.25, 0.3) is 15.9 Å². The van der Waals surface area contributed by atoms with Gasteiger partial charge in [0.2, 0.25) is 11.9 Å². The number of anilines is 3. The first-order valence-electron chi connectivity index (χ1n) is 10.4. The van der Waals surface area contributed by atoms with Crippen LogP contribution in [0.5, 0.6) is 0 Å². The fourth-order valence-electron chi connectivity index (χ4n) is 3.30. The van der Waals surface area contributed by atoms with Gasteiger partial charge in [0.1, 0.15) is 5.71 Å². The Labute approximate surface area is 196 Å². The molecule has 0 aliphatic carbocycles. The summed E-state index contributed by atoms with van der Waals surface area (Å²) in [5, 5.41) is 8.28. The number of amides is 2. The van der Waals surface area contributed by atoms with Crippen LogP contribution in [0.25, 0.3) is 0 Å². The lowest BCUT2D eigenvalue weighted by molar-refractivity contribution is -0.118. The molecule has 2 aromatic carbocycles. The van der Waals surface area contributed by atoms with Crippen LogP contribution in [0, 0.1) is 13.8 Å². The van der Waals surface area contributed by atoms with Crippen molar-refractivity contribution in [2.45, 2.75) is 31.6 Å². The van der Waals surface area contributed by atoms with Gasteiger partial charge in [-0.05, 0) is 61.4 Å². The number of hydrogen-bond donors (Lipinski definition) is 2. The van der Waals surface area contributed by atoms with Crippen molar-refractivity contribution in [3.05, 3.63) is 72.1 Å². The second kappa shape index (κ2) is 9.40. The van der Waals surface area contributed by atoms with E-state index in [1.54, 1.807) is 6.07 Å². The Morgan fingerprint density at radius 1 is 1.00 bits per heavy atom. The highest BCUT2D eigenvalue weighted by Gasteiger charge is 2.27. The molecule has 0 bridgehead atoms. The summed E-state index contributed by atoms with van der Waals surface area (Å²) in [5.74, 6) is -0.693. The Balaban J connectivity index is 1.49. The number of benzene rings is 2. The molecule has 2 N–H and O–H groups in total. The normalized spacial score (nSPS) is 13.9. The molecular formula is C23H22N6O4S. The van der Waals surface area contributed by atoms with Crippen LogP contribution >= 0.6 is 0 Å². The van der Waals surface area contributed by atoms with Gasteiger partial charge in [-0.15, -0.1) is 0 Å². The Bertz CT molecular complexity index is 1370. The maximum atomic E-state index is 12.8. The largest absolute Gasteiger partial charge is 0.321 e. The van der Waals surface area contributed by atoms with E-state index in [2.05, 4.69) is 25.1 Å². The molecular weight excluding hydrogens is 456 g/mol. The molecule has 11 heteroatoms. The van der Waals surface area contributed by atoms with Gasteiger partial charge in [0, 0.05) is 30.9 Å². The first-order chi connectivity index (χ1) is 16.2. The maximum Gasteiger partial charge on any atom is 0.271 e. The van der Waals surface area contributed by atoms with Crippen LogP contribution in [0.15, 0.2) is 70.9 Å². The molecule has 0 spiro atoms. The van der Waals surface area contributed by atoms with Crippen molar-refractivity contribution in [2.24, 2.45) is 5.10 Å². The second-order valence-corrected chi connectivity index (χ2v) is 9.38. The molecule has 0 saturated carbocycles. The number of nitrogens with one attached hydrogen (secondary N) is 2. The molecule has 2 heterocycles. The number of aromatic nitrogens is 2. The number of hydrogen-bond acceptors (Lipinski definition) is 7. The van der Waals surface area contributed by atoms with Gasteiger partial charge in [-0.1, -0.05) is 12.1 Å². The lowest BCUT2D eigenvalue weighted by Crippen LogP contribution is -2.36. The molecule has 2 amide bonds. The van der Waals surface area contributed by atoms with E-state index in [1.807, 2.05) is 32.0 Å². The van der Waals surface area contributed by atoms with E-state index < -0.39 is 15.9 Å². The molecule has 0 saturated heterocycles. The highest BCUT2D eigenvalue weighted by molar-refractivity contribution is 7.92. The minimum absolute atomic E-state index is 0.0142. The van der Waals surface area contributed by atoms with Gasteiger partial charge >= 0.3 is 0 Å². The third kappa shape index (κ3) is 5.09. The molecule has 1 aliphatic rings. The molecule has 1 aromatic heterocycles. The predicted octanol–water partition coefficient (Wildman–Crippen LogP) is 3.02. The minimum Gasteiger partial charge on any atom is -0.321 e. The van der Waals surface area contributed by atoms with Crippen molar-refractivity contribution >= 4 is 44.9 Å². The highest BCUT2D eigenvalue weighted by Crippen LogP contribution is 2.26. The average Bonchev–Trinajstić information content (AvgIpc) is 2.82. The number of aryl methyl sites for hydroxylation is 2. The quantitative estimate of drug-likeness (QED) is 0.559. The number of carbonyl (C=O) groups is 2. The minimum atomic E-state index is -3.89. The van der Waals surface area contributed by atoms with E-state index in [-0.39, 0.29) is 35.3 Å². The SMILES string of the molecule is Cc1ccc(C)c(N2N=C(C(=O)Nc3ccc(S(=O)(=O)Nc4ncccn4)cc3)CCC2=O)c1. The monoisotopic (exact) mass is 478 g/mol. The van der Waals surface area contributed by atoms with Crippen LogP contribution in [0.2, 0.25) is 0 Å². The highest BCUT2D eigenvalue weighted by atomic mass is 32.2. The molecule has 0 unspecified atom stereocenters. The van der Waals surface area contributed by atoms with Crippen molar-refractivity contribution < 1.29 is 18.0 Å². The van der Waals surface area contributed by atoms with Gasteiger partial charge in [-0.3, -0.25) is 9.59 Å². The third-order valence-electron chi connectivity index (χ3n) is 5.10. The Morgan fingerprint density at radius 2 is 1.71 bits per heavy atom. The van der Waals surface area contributed by atoms with Gasteiger partial charge in [-0.25, -0.2) is 28.1 Å². The van der Waals surface area contributed by atoms with E-state index in [9.17, 15) is 18.0 Å². The fourth-order valence-corrected chi connectivity index (χ4v) is 4.26. The number of hydrazone groups is 1. The van der Waals surface area contributed by atoms with Crippen LogP contribution in [-0.2, 0) is 19.6 Å². The molecule has 1 aliphatic heterocycles. The zero-order chi connectivity index (χ0) is 24.3. The number of rotatable bonds is 6. The maximum absolute atomic E-state index is 12.8. The first-order valence-corrected chi connectivity index (χ1v) is 11.9. The van der Waals surface area contributed by atoms with Crippen molar-refractivity contribution in [2.75, 3.05) is 15.0 Å². The van der Waals surface area contributed by atoms with Crippen molar-refractivity contribution in [1.82, 2.24) is 9.97 Å². The Kier molecular flexibility index (Phi) is 6.37. The van der Waals surface area contributed by atoms with Crippen molar-refractivity contribution in [1.29, 1.82) is 0 Å². The summed E-state index contributed by atoms with van der Waals surface area (Å²) >= 11 is 0. The molecule has 0 atom stereocenters. The Hall–Kier alpha value is -4.12. The molecule has 0 radical (unpaired) electrons. The zero-order valence-electron chi connectivity index (χ0n) is 18.5. The molecule has 10 nitrogen and oxygen atoms in total. The molecule has 34 heavy (non-hydrogen) atoms. The van der Waals surface area contributed by atoms with E-state index in [0.717, 1.165) is 11.1 Å². The van der Waals surface area contributed by atoms with E-state index >= 15 is 0 Å². The van der Waals surface area contributed by atoms with Crippen LogP contribution in [0.1, 0.15) is 24.0 Å². The van der Waals surface area contributed by atoms with E-state index in [4.69, 9.17) is 0 Å². The molecule has 0 fully saturated rings. The first kappa shape index (κ1) is 23.1. The van der Waals surface area contributed by atoms with Crippen molar-refractivity contribution in [3.8, 4) is 0 Å². The van der Waals surface area contributed by atoms with Gasteiger partial charge in [0.15, 0.2) is 0 Å². The number of sulfonamides is 1. The standard InChI is InChI=1S/C23H22N6O4S/c1-15-4-5-16(2)20(14-15)29-21(30)11-10-19(27-29)22(31)26-17-6-8-18(9-7-17)34(32,33)28-23-24-12-3-13-25-23/h3-9,12-14H,10-11H2,1-2H3,(H,26,31)(H,24,25,28). The average molecular weight is 479 g/mol. The number of carbonyl (C=O) groups excluding carboxylic acids is 2. The predicted molar refractivity (Wildman–Crippen MR) is 128 cm³/mol. The molecule has 4 rings (SSSR count). The summed E-state index contributed by atoms with van der Waals surface area (Å²) in [7, 11) is -3.89. The van der Waals surface area contributed by atoms with Crippen molar-refractivity contribution in [3.63, 3.8) is 0 Å². The van der Waals surface area contributed by atoms with Gasteiger partial charge in [0.05, 0.1) is 10.6 Å². The van der Waals surface area contributed by atoms with E-state index in [0.29, 0.717) is 11.4 Å². The molecule has 174 valence electrons. The lowest BCUT2D eigenvalue weighted by atomic mass is 10.1. The summed E-state index contributed by atoms with van der Waals surface area (Å²) in [6.45, 7) is 3.79. The van der Waals surface area contributed by atoms with Crippen LogP contribution in [0.3, 0.4) is 0 Å². The summed E-state index contributed by atoms with van der Waals surface area (Å²) in [6.07, 6.45) is 3.21. The smallest absolute Gasteiger partial charge is 0.271 e. The summed E-state index contributed by atoms with van der Waals surface area (Å²) in [5.41, 5.74) is 3.08. The summed E-state index contributed by atoms with van der Waals surface area (Å²) < 4.78 is 27.3.